The smallest absolute Gasteiger partial charge is 0.251 e. The zero-order valence-corrected chi connectivity index (χ0v) is 16.6. The zero-order chi connectivity index (χ0) is 18.8. The molecule has 2 heteroatoms. The van der Waals surface area contributed by atoms with E-state index in [2.05, 4.69) is 71.1 Å². The first-order valence-corrected chi connectivity index (χ1v) is 9.00. The second kappa shape index (κ2) is 7.03. The summed E-state index contributed by atoms with van der Waals surface area (Å²) >= 11 is 0. The summed E-state index contributed by atoms with van der Waals surface area (Å²) in [7, 11) is 0. The highest BCUT2D eigenvalue weighted by molar-refractivity contribution is 5.94. The Bertz CT molecular complexity index is 713. The van der Waals surface area contributed by atoms with E-state index in [4.69, 9.17) is 0 Å². The Morgan fingerprint density at radius 1 is 0.760 bits per heavy atom. The first kappa shape index (κ1) is 19.2. The lowest BCUT2D eigenvalue weighted by Gasteiger charge is -2.21. The molecule has 25 heavy (non-hydrogen) atoms. The number of rotatable bonds is 3. The first-order chi connectivity index (χ1) is 11.5. The van der Waals surface area contributed by atoms with Crippen molar-refractivity contribution in [3.8, 4) is 0 Å². The second-order valence-electron chi connectivity index (χ2n) is 8.89. The van der Waals surface area contributed by atoms with Gasteiger partial charge < -0.3 is 5.32 Å². The normalized spacial score (nSPS) is 13.4. The molecule has 0 bridgehead atoms. The zero-order valence-electron chi connectivity index (χ0n) is 16.6. The standard InChI is InChI=1S/C23H31NO/c1-16(17-8-12-19(13-9-17)22(2,3)4)24-21(25)18-10-14-20(15-11-18)23(5,6)7/h8-16H,1-7H3,(H,24,25)/t16-/m1/s1. The highest BCUT2D eigenvalue weighted by atomic mass is 16.1. The molecule has 0 unspecified atom stereocenters. The van der Waals surface area contributed by atoms with Crippen molar-refractivity contribution in [2.24, 2.45) is 0 Å². The summed E-state index contributed by atoms with van der Waals surface area (Å²) in [6, 6.07) is 16.4. The first-order valence-electron chi connectivity index (χ1n) is 9.00. The van der Waals surface area contributed by atoms with Gasteiger partial charge in [0.05, 0.1) is 6.04 Å². The number of carbonyl (C=O) groups excluding carboxylic acids is 1. The van der Waals surface area contributed by atoms with E-state index in [1.165, 1.54) is 11.1 Å². The Balaban J connectivity index is 2.07. The molecule has 0 radical (unpaired) electrons. The van der Waals surface area contributed by atoms with Crippen molar-refractivity contribution < 1.29 is 4.79 Å². The van der Waals surface area contributed by atoms with Crippen LogP contribution in [0.5, 0.6) is 0 Å². The van der Waals surface area contributed by atoms with Crippen LogP contribution in [0.1, 0.15) is 81.6 Å². The molecule has 0 spiro atoms. The van der Waals surface area contributed by atoms with Crippen LogP contribution in [0.15, 0.2) is 48.5 Å². The summed E-state index contributed by atoms with van der Waals surface area (Å²) in [6.07, 6.45) is 0. The van der Waals surface area contributed by atoms with Gasteiger partial charge in [-0.1, -0.05) is 77.9 Å². The van der Waals surface area contributed by atoms with Gasteiger partial charge in [0.1, 0.15) is 0 Å². The van der Waals surface area contributed by atoms with Crippen LogP contribution in [-0.2, 0) is 10.8 Å². The van der Waals surface area contributed by atoms with E-state index in [-0.39, 0.29) is 22.8 Å². The Kier molecular flexibility index (Phi) is 5.41. The fraction of sp³-hybridized carbons (Fsp3) is 0.435. The van der Waals surface area contributed by atoms with E-state index in [9.17, 15) is 4.79 Å². The van der Waals surface area contributed by atoms with E-state index < -0.39 is 0 Å². The van der Waals surface area contributed by atoms with Gasteiger partial charge in [-0.25, -0.2) is 0 Å². The molecule has 0 aliphatic rings. The fourth-order valence-corrected chi connectivity index (χ4v) is 2.76. The van der Waals surface area contributed by atoms with E-state index in [1.807, 2.05) is 31.2 Å². The maximum absolute atomic E-state index is 12.5. The van der Waals surface area contributed by atoms with E-state index in [1.54, 1.807) is 0 Å². The predicted octanol–water partition coefficient (Wildman–Crippen LogP) is 5.77. The molecule has 2 aromatic carbocycles. The van der Waals surface area contributed by atoms with Gasteiger partial charge in [0.2, 0.25) is 0 Å². The lowest BCUT2D eigenvalue weighted by Crippen LogP contribution is -2.26. The summed E-state index contributed by atoms with van der Waals surface area (Å²) in [5, 5.41) is 3.09. The van der Waals surface area contributed by atoms with Crippen molar-refractivity contribution in [3.63, 3.8) is 0 Å². The maximum Gasteiger partial charge on any atom is 0.251 e. The second-order valence-corrected chi connectivity index (χ2v) is 8.89. The van der Waals surface area contributed by atoms with Gasteiger partial charge in [-0.15, -0.1) is 0 Å². The minimum atomic E-state index is -0.0344. The third-order valence-electron chi connectivity index (χ3n) is 4.64. The van der Waals surface area contributed by atoms with E-state index >= 15 is 0 Å². The van der Waals surface area contributed by atoms with Crippen molar-refractivity contribution in [3.05, 3.63) is 70.8 Å². The van der Waals surface area contributed by atoms with Gasteiger partial charge in [-0.3, -0.25) is 4.79 Å². The molecule has 0 fully saturated rings. The van der Waals surface area contributed by atoms with Crippen LogP contribution < -0.4 is 5.32 Å². The van der Waals surface area contributed by atoms with Crippen LogP contribution in [0.4, 0.5) is 0 Å². The maximum atomic E-state index is 12.5. The summed E-state index contributed by atoms with van der Waals surface area (Å²) < 4.78 is 0. The minimum absolute atomic E-state index is 0.0242. The highest BCUT2D eigenvalue weighted by Crippen LogP contribution is 2.25. The largest absolute Gasteiger partial charge is 0.346 e. The van der Waals surface area contributed by atoms with Crippen LogP contribution >= 0.6 is 0 Å². The molecule has 0 aliphatic carbocycles. The molecule has 2 nitrogen and oxygen atoms in total. The Labute approximate surface area is 152 Å². The molecule has 2 aromatic rings. The van der Waals surface area contributed by atoms with Crippen LogP contribution in [-0.4, -0.2) is 5.91 Å². The van der Waals surface area contributed by atoms with Crippen molar-refractivity contribution in [2.45, 2.75) is 65.3 Å². The quantitative estimate of drug-likeness (QED) is 0.756. The van der Waals surface area contributed by atoms with Crippen molar-refractivity contribution in [1.82, 2.24) is 5.32 Å². The molecule has 0 heterocycles. The van der Waals surface area contributed by atoms with Gasteiger partial charge in [-0.05, 0) is 46.6 Å². The van der Waals surface area contributed by atoms with Gasteiger partial charge >= 0.3 is 0 Å². The van der Waals surface area contributed by atoms with Crippen LogP contribution in [0, 0.1) is 0 Å². The lowest BCUT2D eigenvalue weighted by atomic mass is 9.86. The molecule has 134 valence electrons. The Hall–Kier alpha value is -2.09. The molecule has 1 atom stereocenters. The monoisotopic (exact) mass is 337 g/mol. The number of nitrogens with one attached hydrogen (secondary N) is 1. The lowest BCUT2D eigenvalue weighted by molar-refractivity contribution is 0.0940. The molecule has 0 aliphatic heterocycles. The number of hydrogen-bond donors (Lipinski definition) is 1. The Morgan fingerprint density at radius 3 is 1.56 bits per heavy atom. The molecule has 0 saturated carbocycles. The molecule has 2 rings (SSSR count). The molecular weight excluding hydrogens is 306 g/mol. The average molecular weight is 338 g/mol. The van der Waals surface area contributed by atoms with E-state index in [0.29, 0.717) is 5.56 Å². The topological polar surface area (TPSA) is 29.1 Å². The molecule has 0 aromatic heterocycles. The predicted molar refractivity (Wildman–Crippen MR) is 106 cm³/mol. The van der Waals surface area contributed by atoms with Gasteiger partial charge in [0, 0.05) is 5.56 Å². The average Bonchev–Trinajstić information content (AvgIpc) is 2.53. The number of benzene rings is 2. The van der Waals surface area contributed by atoms with Crippen LogP contribution in [0.3, 0.4) is 0 Å². The van der Waals surface area contributed by atoms with E-state index in [0.717, 1.165) is 5.56 Å². The van der Waals surface area contributed by atoms with Crippen molar-refractivity contribution in [1.29, 1.82) is 0 Å². The van der Waals surface area contributed by atoms with Crippen molar-refractivity contribution >= 4 is 5.91 Å². The van der Waals surface area contributed by atoms with Gasteiger partial charge in [0.25, 0.3) is 5.91 Å². The number of carbonyl (C=O) groups is 1. The SMILES string of the molecule is C[C@@H](NC(=O)c1ccc(C(C)(C)C)cc1)c1ccc(C(C)(C)C)cc1. The highest BCUT2D eigenvalue weighted by Gasteiger charge is 2.17. The summed E-state index contributed by atoms with van der Waals surface area (Å²) in [5.41, 5.74) is 4.58. The Morgan fingerprint density at radius 2 is 1.16 bits per heavy atom. The molecule has 1 amide bonds. The minimum Gasteiger partial charge on any atom is -0.346 e. The van der Waals surface area contributed by atoms with Crippen molar-refractivity contribution in [2.75, 3.05) is 0 Å². The summed E-state index contributed by atoms with van der Waals surface area (Å²) in [5.74, 6) is -0.0344. The summed E-state index contributed by atoms with van der Waals surface area (Å²) in [4.78, 5) is 12.5. The number of amides is 1. The third kappa shape index (κ3) is 4.94. The third-order valence-corrected chi connectivity index (χ3v) is 4.64. The van der Waals surface area contributed by atoms with Crippen LogP contribution in [0.2, 0.25) is 0 Å². The van der Waals surface area contributed by atoms with Gasteiger partial charge in [-0.2, -0.15) is 0 Å². The van der Waals surface area contributed by atoms with Crippen LogP contribution in [0.25, 0.3) is 0 Å². The van der Waals surface area contributed by atoms with Gasteiger partial charge in [0.15, 0.2) is 0 Å². The number of hydrogen-bond acceptors (Lipinski definition) is 1. The fourth-order valence-electron chi connectivity index (χ4n) is 2.76. The summed E-state index contributed by atoms with van der Waals surface area (Å²) in [6.45, 7) is 15.1. The molecular formula is C23H31NO. The molecule has 1 N–H and O–H groups in total. The molecule has 0 saturated heterocycles.